The molecule has 1 radical (unpaired) electrons. The van der Waals surface area contributed by atoms with Crippen LogP contribution in [-0.4, -0.2) is 6.29 Å². The van der Waals surface area contributed by atoms with Crippen LogP contribution in [0.3, 0.4) is 0 Å². The van der Waals surface area contributed by atoms with Gasteiger partial charge in [0.25, 0.3) is 0 Å². The molecule has 2 heteroatoms. The van der Waals surface area contributed by atoms with Crippen molar-refractivity contribution in [3.05, 3.63) is 35.9 Å². The summed E-state index contributed by atoms with van der Waals surface area (Å²) in [4.78, 5) is 9.81. The Bertz CT molecular complexity index is 261. The van der Waals surface area contributed by atoms with E-state index in [0.717, 1.165) is 11.3 Å². The summed E-state index contributed by atoms with van der Waals surface area (Å²) in [6.45, 7) is 0. The molecule has 0 spiro atoms. The van der Waals surface area contributed by atoms with Gasteiger partial charge in [-0.05, 0) is 23.8 Å². The van der Waals surface area contributed by atoms with Crippen LogP contribution in [0.4, 0.5) is 5.69 Å². The molecule has 1 rings (SSSR count). The average Bonchev–Trinajstić information content (AvgIpc) is 2.04. The second-order valence-electron chi connectivity index (χ2n) is 2.12. The van der Waals surface area contributed by atoms with Crippen LogP contribution in [0.1, 0.15) is 5.56 Å². The van der Waals surface area contributed by atoms with Gasteiger partial charge in [0.1, 0.15) is 0 Å². The first kappa shape index (κ1) is 7.54. The first-order valence-corrected chi connectivity index (χ1v) is 3.22. The zero-order valence-electron chi connectivity index (χ0n) is 5.95. The molecule has 0 fully saturated rings. The zero-order chi connectivity index (χ0) is 8.10. The number of allylic oxidation sites excluding steroid dienone is 1. The minimum atomic E-state index is 0.720. The molecule has 2 N–H and O–H groups in total. The number of hydrogen-bond donors (Lipinski definition) is 1. The Morgan fingerprint density at radius 3 is 2.45 bits per heavy atom. The number of nitrogen functional groups attached to an aromatic ring is 1. The van der Waals surface area contributed by atoms with Crippen LogP contribution >= 0.6 is 0 Å². The number of anilines is 1. The molecule has 0 aliphatic heterocycles. The van der Waals surface area contributed by atoms with Crippen molar-refractivity contribution in [2.45, 2.75) is 0 Å². The third kappa shape index (κ3) is 2.26. The lowest BCUT2D eigenvalue weighted by Crippen LogP contribution is -1.82. The predicted octanol–water partition coefficient (Wildman–Crippen LogP) is 1.39. The lowest BCUT2D eigenvalue weighted by Gasteiger charge is -1.92. The fraction of sp³-hybridized carbons (Fsp3) is 0. The van der Waals surface area contributed by atoms with E-state index in [4.69, 9.17) is 5.73 Å². The van der Waals surface area contributed by atoms with Crippen molar-refractivity contribution in [1.82, 2.24) is 0 Å². The van der Waals surface area contributed by atoms with Crippen molar-refractivity contribution in [1.29, 1.82) is 0 Å². The predicted molar refractivity (Wildman–Crippen MR) is 45.6 cm³/mol. The Morgan fingerprint density at radius 1 is 1.27 bits per heavy atom. The molecule has 0 heterocycles. The maximum Gasteiger partial charge on any atom is 0.225 e. The minimum absolute atomic E-state index is 0.720. The number of carbonyl (C=O) groups excluding carboxylic acids is 1. The van der Waals surface area contributed by atoms with Gasteiger partial charge in [-0.25, -0.2) is 0 Å². The second-order valence-corrected chi connectivity index (χ2v) is 2.12. The molecule has 0 saturated heterocycles. The molecule has 0 unspecified atom stereocenters. The van der Waals surface area contributed by atoms with Gasteiger partial charge in [0.05, 0.1) is 0 Å². The topological polar surface area (TPSA) is 43.1 Å². The van der Waals surface area contributed by atoms with Crippen molar-refractivity contribution in [2.24, 2.45) is 0 Å². The highest BCUT2D eigenvalue weighted by Crippen LogP contribution is 2.06. The van der Waals surface area contributed by atoms with E-state index in [0.29, 0.717) is 0 Å². The number of benzene rings is 1. The molecule has 0 bridgehead atoms. The van der Waals surface area contributed by atoms with Crippen LogP contribution in [0.15, 0.2) is 30.3 Å². The molecule has 0 aromatic heterocycles. The summed E-state index contributed by atoms with van der Waals surface area (Å²) >= 11 is 0. The summed E-state index contributed by atoms with van der Waals surface area (Å²) in [5, 5.41) is 0. The molecule has 0 saturated carbocycles. The monoisotopic (exact) mass is 146 g/mol. The van der Waals surface area contributed by atoms with Crippen LogP contribution in [0.5, 0.6) is 0 Å². The van der Waals surface area contributed by atoms with Crippen molar-refractivity contribution in [3.8, 4) is 0 Å². The van der Waals surface area contributed by atoms with Gasteiger partial charge in [-0.15, -0.1) is 0 Å². The largest absolute Gasteiger partial charge is 0.399 e. The first-order chi connectivity index (χ1) is 5.33. The fourth-order valence-corrected chi connectivity index (χ4v) is 0.737. The van der Waals surface area contributed by atoms with Gasteiger partial charge in [-0.2, -0.15) is 0 Å². The molecule has 0 aliphatic rings. The Morgan fingerprint density at radius 2 is 1.91 bits per heavy atom. The van der Waals surface area contributed by atoms with Crippen LogP contribution in [0, 0.1) is 0 Å². The molecule has 2 nitrogen and oxygen atoms in total. The van der Waals surface area contributed by atoms with E-state index < -0.39 is 0 Å². The third-order valence-electron chi connectivity index (χ3n) is 1.28. The van der Waals surface area contributed by atoms with Gasteiger partial charge in [0, 0.05) is 5.69 Å². The normalized spacial score (nSPS) is 10.2. The number of nitrogens with two attached hydrogens (primary N) is 1. The number of hydrogen-bond acceptors (Lipinski definition) is 2. The smallest absolute Gasteiger partial charge is 0.225 e. The van der Waals surface area contributed by atoms with E-state index in [1.807, 2.05) is 12.1 Å². The minimum Gasteiger partial charge on any atom is -0.399 e. The summed E-state index contributed by atoms with van der Waals surface area (Å²) in [6, 6.07) is 7.24. The average molecular weight is 146 g/mol. The molecule has 55 valence electrons. The van der Waals surface area contributed by atoms with E-state index in [9.17, 15) is 4.79 Å². The molecule has 11 heavy (non-hydrogen) atoms. The molecule has 0 amide bonds. The quantitative estimate of drug-likeness (QED) is 0.506. The SMILES string of the molecule is Nc1ccc(C=C[C]=O)cc1. The van der Waals surface area contributed by atoms with Gasteiger partial charge in [0.15, 0.2) is 0 Å². The summed E-state index contributed by atoms with van der Waals surface area (Å²) in [5.41, 5.74) is 7.12. The van der Waals surface area contributed by atoms with Crippen molar-refractivity contribution < 1.29 is 4.79 Å². The Balaban J connectivity index is 2.81. The summed E-state index contributed by atoms with van der Waals surface area (Å²) < 4.78 is 0. The Hall–Kier alpha value is -1.57. The molecule has 1 aromatic carbocycles. The molecule has 0 aliphatic carbocycles. The Labute approximate surface area is 65.3 Å². The lowest BCUT2D eigenvalue weighted by atomic mass is 10.2. The highest BCUT2D eigenvalue weighted by molar-refractivity contribution is 5.74. The maximum atomic E-state index is 9.81. The number of rotatable bonds is 2. The van der Waals surface area contributed by atoms with Gasteiger partial charge in [-0.1, -0.05) is 18.2 Å². The van der Waals surface area contributed by atoms with E-state index in [1.165, 1.54) is 6.08 Å². The second kappa shape index (κ2) is 3.56. The lowest BCUT2D eigenvalue weighted by molar-refractivity contribution is 0.564. The van der Waals surface area contributed by atoms with Crippen molar-refractivity contribution >= 4 is 18.0 Å². The van der Waals surface area contributed by atoms with Gasteiger partial charge in [0.2, 0.25) is 6.29 Å². The highest BCUT2D eigenvalue weighted by Gasteiger charge is 1.84. The highest BCUT2D eigenvalue weighted by atomic mass is 16.1. The Kier molecular flexibility index (Phi) is 2.44. The van der Waals surface area contributed by atoms with Gasteiger partial charge in [-0.3, -0.25) is 4.79 Å². The fourth-order valence-electron chi connectivity index (χ4n) is 0.737. The van der Waals surface area contributed by atoms with Crippen LogP contribution in [0.25, 0.3) is 6.08 Å². The molecule has 1 aromatic rings. The first-order valence-electron chi connectivity index (χ1n) is 3.22. The van der Waals surface area contributed by atoms with Crippen LogP contribution in [-0.2, 0) is 4.79 Å². The van der Waals surface area contributed by atoms with Crippen molar-refractivity contribution in [2.75, 3.05) is 5.73 Å². The zero-order valence-corrected chi connectivity index (χ0v) is 5.95. The third-order valence-corrected chi connectivity index (χ3v) is 1.28. The van der Waals surface area contributed by atoms with Gasteiger partial charge < -0.3 is 5.73 Å². The molecular weight excluding hydrogens is 138 g/mol. The molecular formula is C9H8NO. The van der Waals surface area contributed by atoms with Crippen molar-refractivity contribution in [3.63, 3.8) is 0 Å². The van der Waals surface area contributed by atoms with Gasteiger partial charge >= 0.3 is 0 Å². The maximum absolute atomic E-state index is 9.81. The van der Waals surface area contributed by atoms with E-state index in [1.54, 1.807) is 24.5 Å². The van der Waals surface area contributed by atoms with E-state index in [-0.39, 0.29) is 0 Å². The van der Waals surface area contributed by atoms with E-state index >= 15 is 0 Å². The summed E-state index contributed by atoms with van der Waals surface area (Å²) in [6.07, 6.45) is 4.67. The van der Waals surface area contributed by atoms with Crippen LogP contribution < -0.4 is 5.73 Å². The molecule has 0 atom stereocenters. The standard InChI is InChI=1S/C9H8NO/c10-9-5-3-8(4-6-9)2-1-7-11/h1-6H,10H2. The van der Waals surface area contributed by atoms with E-state index in [2.05, 4.69) is 0 Å². The summed E-state index contributed by atoms with van der Waals surface area (Å²) in [7, 11) is 0. The van der Waals surface area contributed by atoms with Crippen LogP contribution in [0.2, 0.25) is 0 Å². The summed E-state index contributed by atoms with van der Waals surface area (Å²) in [5.74, 6) is 0.